The molecule has 8 heteroatoms. The van der Waals surface area contributed by atoms with Gasteiger partial charge in [0.05, 0.1) is 35.1 Å². The molecule has 0 radical (unpaired) electrons. The molecular weight excluding hydrogens is 478 g/mol. The predicted molar refractivity (Wildman–Crippen MR) is 138 cm³/mol. The summed E-state index contributed by atoms with van der Waals surface area (Å²) in [6.07, 6.45) is 4.79. The smallest absolute Gasteiger partial charge is 0.291 e. The fourth-order valence-electron chi connectivity index (χ4n) is 5.27. The molecule has 36 heavy (non-hydrogen) atoms. The van der Waals surface area contributed by atoms with Crippen LogP contribution in [0.1, 0.15) is 72.3 Å². The normalized spacial score (nSPS) is 20.7. The Bertz CT molecular complexity index is 1460. The van der Waals surface area contributed by atoms with E-state index in [-0.39, 0.29) is 28.3 Å². The van der Waals surface area contributed by atoms with Crippen molar-refractivity contribution in [3.8, 4) is 5.75 Å². The second-order valence-electron chi connectivity index (χ2n) is 9.82. The summed E-state index contributed by atoms with van der Waals surface area (Å²) in [5.74, 6) is 0.193. The molecule has 1 aromatic heterocycles. The number of amides is 1. The summed E-state index contributed by atoms with van der Waals surface area (Å²) in [7, 11) is -3.25. The molecule has 2 aromatic carbocycles. The molecule has 0 bridgehead atoms. The van der Waals surface area contributed by atoms with Gasteiger partial charge in [0, 0.05) is 6.04 Å². The van der Waals surface area contributed by atoms with Crippen molar-refractivity contribution in [2.75, 3.05) is 18.1 Å². The summed E-state index contributed by atoms with van der Waals surface area (Å²) in [4.78, 5) is 28.9. The number of ether oxygens (including phenoxy) is 1. The highest BCUT2D eigenvalue weighted by molar-refractivity contribution is 7.91. The van der Waals surface area contributed by atoms with Gasteiger partial charge in [-0.25, -0.2) is 8.42 Å². The van der Waals surface area contributed by atoms with Crippen molar-refractivity contribution in [2.24, 2.45) is 0 Å². The fraction of sp³-hybridized carbons (Fsp3) is 0.429. The van der Waals surface area contributed by atoms with Crippen LogP contribution in [0.3, 0.4) is 0 Å². The summed E-state index contributed by atoms with van der Waals surface area (Å²) in [5, 5.41) is 0.416. The van der Waals surface area contributed by atoms with E-state index in [2.05, 4.69) is 6.92 Å². The minimum atomic E-state index is -3.25. The Morgan fingerprint density at radius 2 is 1.83 bits per heavy atom. The van der Waals surface area contributed by atoms with E-state index in [4.69, 9.17) is 9.15 Å². The molecular formula is C28H31NO6S. The lowest BCUT2D eigenvalue weighted by Crippen LogP contribution is -2.40. The monoisotopic (exact) mass is 509 g/mol. The van der Waals surface area contributed by atoms with Gasteiger partial charge in [-0.2, -0.15) is 0 Å². The first-order valence-electron chi connectivity index (χ1n) is 12.6. The third kappa shape index (κ3) is 4.54. The van der Waals surface area contributed by atoms with Crippen LogP contribution in [0.5, 0.6) is 5.75 Å². The lowest BCUT2D eigenvalue weighted by molar-refractivity contribution is 0.0662. The average molecular weight is 510 g/mol. The van der Waals surface area contributed by atoms with E-state index in [0.29, 0.717) is 24.0 Å². The Morgan fingerprint density at radius 1 is 1.06 bits per heavy atom. The van der Waals surface area contributed by atoms with Gasteiger partial charge in [-0.1, -0.05) is 49.9 Å². The molecule has 0 saturated carbocycles. The van der Waals surface area contributed by atoms with Gasteiger partial charge in [-0.15, -0.1) is 0 Å². The SMILES string of the molecule is CCCCCCOc1ccc(C2c3c(oc4ccc(C)cc4c3=O)C(=O)N2C2CCS(=O)(=O)C2)cc1. The van der Waals surface area contributed by atoms with Crippen molar-refractivity contribution in [1.29, 1.82) is 0 Å². The maximum Gasteiger partial charge on any atom is 0.291 e. The third-order valence-electron chi connectivity index (χ3n) is 7.13. The van der Waals surface area contributed by atoms with E-state index in [1.54, 1.807) is 17.0 Å². The molecule has 1 fully saturated rings. The lowest BCUT2D eigenvalue weighted by atomic mass is 9.97. The van der Waals surface area contributed by atoms with Crippen molar-refractivity contribution in [2.45, 2.75) is 58.0 Å². The second-order valence-corrected chi connectivity index (χ2v) is 12.1. The van der Waals surface area contributed by atoms with Crippen molar-refractivity contribution >= 4 is 26.7 Å². The summed E-state index contributed by atoms with van der Waals surface area (Å²) >= 11 is 0. The van der Waals surface area contributed by atoms with E-state index in [1.807, 2.05) is 37.3 Å². The average Bonchev–Trinajstić information content (AvgIpc) is 3.36. The van der Waals surface area contributed by atoms with E-state index in [1.165, 1.54) is 6.42 Å². The minimum Gasteiger partial charge on any atom is -0.494 e. The van der Waals surface area contributed by atoms with E-state index in [9.17, 15) is 18.0 Å². The molecule has 2 unspecified atom stereocenters. The number of carbonyl (C=O) groups excluding carboxylic acids is 1. The number of rotatable bonds is 8. The number of nitrogens with zero attached hydrogens (tertiary/aromatic N) is 1. The number of benzene rings is 2. The Morgan fingerprint density at radius 3 is 2.53 bits per heavy atom. The van der Waals surface area contributed by atoms with Crippen LogP contribution < -0.4 is 10.2 Å². The number of hydrogen-bond acceptors (Lipinski definition) is 6. The molecule has 3 heterocycles. The first-order valence-corrected chi connectivity index (χ1v) is 14.4. The largest absolute Gasteiger partial charge is 0.494 e. The molecule has 0 spiro atoms. The van der Waals surface area contributed by atoms with Crippen LogP contribution in [-0.2, 0) is 9.84 Å². The summed E-state index contributed by atoms with van der Waals surface area (Å²) < 4.78 is 36.4. The van der Waals surface area contributed by atoms with Gasteiger partial charge in [-0.3, -0.25) is 9.59 Å². The number of fused-ring (bicyclic) bond motifs is 2. The molecule has 2 atom stereocenters. The highest BCUT2D eigenvalue weighted by atomic mass is 32.2. The summed E-state index contributed by atoms with van der Waals surface area (Å²) in [5.41, 5.74) is 2.01. The Labute approximate surface area is 211 Å². The minimum absolute atomic E-state index is 0.00176. The number of aryl methyl sites for hydroxylation is 1. The van der Waals surface area contributed by atoms with Gasteiger partial charge in [0.15, 0.2) is 15.3 Å². The zero-order valence-corrected chi connectivity index (χ0v) is 21.5. The predicted octanol–water partition coefficient (Wildman–Crippen LogP) is 4.79. The Balaban J connectivity index is 1.54. The zero-order chi connectivity index (χ0) is 25.4. The number of sulfone groups is 1. The van der Waals surface area contributed by atoms with Crippen molar-refractivity contribution < 1.29 is 22.4 Å². The van der Waals surface area contributed by atoms with Gasteiger partial charge in [0.2, 0.25) is 5.76 Å². The highest BCUT2D eigenvalue weighted by Gasteiger charge is 2.48. The molecule has 7 nitrogen and oxygen atoms in total. The molecule has 1 saturated heterocycles. The molecule has 2 aliphatic rings. The highest BCUT2D eigenvalue weighted by Crippen LogP contribution is 2.41. The van der Waals surface area contributed by atoms with E-state index in [0.717, 1.165) is 36.1 Å². The van der Waals surface area contributed by atoms with E-state index < -0.39 is 27.8 Å². The van der Waals surface area contributed by atoms with Crippen LogP contribution in [0.2, 0.25) is 0 Å². The Hall–Kier alpha value is -3.13. The molecule has 5 rings (SSSR count). The molecule has 0 N–H and O–H groups in total. The molecule has 190 valence electrons. The molecule has 3 aromatic rings. The van der Waals surface area contributed by atoms with Crippen LogP contribution in [0, 0.1) is 6.92 Å². The molecule has 2 aliphatic heterocycles. The van der Waals surface area contributed by atoms with Crippen LogP contribution in [0.4, 0.5) is 0 Å². The maximum atomic E-state index is 13.7. The van der Waals surface area contributed by atoms with Crippen molar-refractivity contribution in [3.05, 3.63) is 75.1 Å². The van der Waals surface area contributed by atoms with Gasteiger partial charge in [0.1, 0.15) is 11.3 Å². The van der Waals surface area contributed by atoms with Crippen LogP contribution in [0.25, 0.3) is 11.0 Å². The molecule has 0 aliphatic carbocycles. The molecule has 1 amide bonds. The first-order chi connectivity index (χ1) is 17.3. The zero-order valence-electron chi connectivity index (χ0n) is 20.7. The van der Waals surface area contributed by atoms with Gasteiger partial charge in [-0.05, 0) is 49.6 Å². The third-order valence-corrected chi connectivity index (χ3v) is 8.88. The topological polar surface area (TPSA) is 93.9 Å². The van der Waals surface area contributed by atoms with Crippen molar-refractivity contribution in [1.82, 2.24) is 4.90 Å². The summed E-state index contributed by atoms with van der Waals surface area (Å²) in [6.45, 7) is 4.69. The van der Waals surface area contributed by atoms with E-state index >= 15 is 0 Å². The maximum absolute atomic E-state index is 13.7. The number of unbranched alkanes of at least 4 members (excludes halogenated alkanes) is 3. The van der Waals surface area contributed by atoms with Gasteiger partial charge in [0.25, 0.3) is 5.91 Å². The Kier molecular flexibility index (Phi) is 6.64. The number of hydrogen-bond donors (Lipinski definition) is 0. The number of carbonyl (C=O) groups is 1. The lowest BCUT2D eigenvalue weighted by Gasteiger charge is -2.30. The van der Waals surface area contributed by atoms with Crippen LogP contribution >= 0.6 is 0 Å². The fourth-order valence-corrected chi connectivity index (χ4v) is 6.98. The first kappa shape index (κ1) is 24.6. The second kappa shape index (κ2) is 9.73. The standard InChI is InChI=1S/C28H31NO6S/c1-3-4-5-6-14-34-21-10-8-19(9-11-21)25-24-26(30)22-16-18(2)7-12-23(22)35-27(24)28(31)29(25)20-13-15-36(32,33)17-20/h7-12,16,20,25H,3-6,13-15,17H2,1-2H3. The van der Waals surface area contributed by atoms with Gasteiger partial charge < -0.3 is 14.1 Å². The quantitative estimate of drug-likeness (QED) is 0.405. The van der Waals surface area contributed by atoms with Crippen molar-refractivity contribution in [3.63, 3.8) is 0 Å². The van der Waals surface area contributed by atoms with Gasteiger partial charge >= 0.3 is 0 Å². The van der Waals surface area contributed by atoms with Crippen LogP contribution in [0.15, 0.2) is 51.7 Å². The summed E-state index contributed by atoms with van der Waals surface area (Å²) in [6, 6.07) is 11.4. The van der Waals surface area contributed by atoms with Crippen LogP contribution in [-0.4, -0.2) is 43.4 Å².